The molecule has 0 radical (unpaired) electrons. The number of ether oxygens (including phenoxy) is 1. The minimum atomic E-state index is -0.542. The zero-order valence-electron chi connectivity index (χ0n) is 17.8. The van der Waals surface area contributed by atoms with Crippen molar-refractivity contribution in [3.05, 3.63) is 64.1 Å². The molecule has 1 aliphatic heterocycles. The molecule has 3 aromatic rings. The van der Waals surface area contributed by atoms with Gasteiger partial charge in [0.25, 0.3) is 0 Å². The number of nitrogens with zero attached hydrogens (tertiary/aromatic N) is 2. The third-order valence-electron chi connectivity index (χ3n) is 6.18. The van der Waals surface area contributed by atoms with Crippen LogP contribution < -0.4 is 10.4 Å². The number of benzene rings is 2. The predicted octanol–water partition coefficient (Wildman–Crippen LogP) is 3.10. The number of imidazole rings is 1. The van der Waals surface area contributed by atoms with Gasteiger partial charge in [0.05, 0.1) is 11.0 Å². The van der Waals surface area contributed by atoms with Crippen LogP contribution in [-0.4, -0.2) is 51.9 Å². The fraction of sp³-hybridized carbons (Fsp3) is 0.458. The second-order valence-corrected chi connectivity index (χ2v) is 8.49. The SMILES string of the molecule is Cc1cccc(OCC(O)CN2CCCC(Cn3c(=O)[nH]c4ccccc43)C2)c1C. The van der Waals surface area contributed by atoms with E-state index in [1.165, 1.54) is 5.56 Å². The maximum atomic E-state index is 12.4. The van der Waals surface area contributed by atoms with Gasteiger partial charge in [-0.1, -0.05) is 24.3 Å². The summed E-state index contributed by atoms with van der Waals surface area (Å²) in [7, 11) is 0. The molecule has 0 aliphatic carbocycles. The van der Waals surface area contributed by atoms with Crippen molar-refractivity contribution >= 4 is 11.0 Å². The lowest BCUT2D eigenvalue weighted by Gasteiger charge is -2.34. The Hall–Kier alpha value is -2.57. The van der Waals surface area contributed by atoms with E-state index in [0.717, 1.165) is 48.3 Å². The Bertz CT molecular complexity index is 1060. The number of likely N-dealkylation sites (tertiary alicyclic amines) is 1. The Morgan fingerprint density at radius 1 is 1.20 bits per heavy atom. The van der Waals surface area contributed by atoms with E-state index in [1.807, 2.05) is 47.9 Å². The van der Waals surface area contributed by atoms with Crippen LogP contribution in [0.2, 0.25) is 0 Å². The fourth-order valence-electron chi connectivity index (χ4n) is 4.43. The first kappa shape index (κ1) is 20.7. The van der Waals surface area contributed by atoms with Crippen molar-refractivity contribution in [2.24, 2.45) is 5.92 Å². The number of piperidine rings is 1. The van der Waals surface area contributed by atoms with Gasteiger partial charge in [0.15, 0.2) is 0 Å². The minimum Gasteiger partial charge on any atom is -0.491 e. The van der Waals surface area contributed by atoms with Crippen molar-refractivity contribution in [2.75, 3.05) is 26.2 Å². The average molecular weight is 410 g/mol. The summed E-state index contributed by atoms with van der Waals surface area (Å²) in [5, 5.41) is 10.5. The Balaban J connectivity index is 1.33. The number of aliphatic hydroxyl groups excluding tert-OH is 1. The number of hydrogen-bond donors (Lipinski definition) is 2. The van der Waals surface area contributed by atoms with Gasteiger partial charge in [-0.3, -0.25) is 4.57 Å². The number of hydrogen-bond acceptors (Lipinski definition) is 4. The van der Waals surface area contributed by atoms with Crippen molar-refractivity contribution in [3.63, 3.8) is 0 Å². The number of H-pyrrole nitrogens is 1. The molecule has 0 bridgehead atoms. The van der Waals surface area contributed by atoms with Crippen LogP contribution in [-0.2, 0) is 6.54 Å². The largest absolute Gasteiger partial charge is 0.491 e. The van der Waals surface area contributed by atoms with Gasteiger partial charge in [0.1, 0.15) is 18.5 Å². The van der Waals surface area contributed by atoms with E-state index in [1.54, 1.807) is 0 Å². The summed E-state index contributed by atoms with van der Waals surface area (Å²) >= 11 is 0. The lowest BCUT2D eigenvalue weighted by Crippen LogP contribution is -2.43. The highest BCUT2D eigenvalue weighted by Crippen LogP contribution is 2.22. The average Bonchev–Trinajstić information content (AvgIpc) is 3.05. The number of rotatable bonds is 7. The molecule has 6 nitrogen and oxygen atoms in total. The summed E-state index contributed by atoms with van der Waals surface area (Å²) in [5.74, 6) is 1.23. The van der Waals surface area contributed by atoms with E-state index in [2.05, 4.69) is 22.9 Å². The smallest absolute Gasteiger partial charge is 0.326 e. The number of aromatic nitrogens is 2. The van der Waals surface area contributed by atoms with Gasteiger partial charge in [0.2, 0.25) is 0 Å². The molecule has 2 unspecified atom stereocenters. The van der Waals surface area contributed by atoms with Crippen molar-refractivity contribution in [2.45, 2.75) is 39.3 Å². The summed E-state index contributed by atoms with van der Waals surface area (Å²) in [6, 6.07) is 13.8. The number of para-hydroxylation sites is 2. The highest BCUT2D eigenvalue weighted by Gasteiger charge is 2.23. The zero-order chi connectivity index (χ0) is 21.1. The van der Waals surface area contributed by atoms with Crippen molar-refractivity contribution in [1.82, 2.24) is 14.5 Å². The Labute approximate surface area is 177 Å². The van der Waals surface area contributed by atoms with E-state index < -0.39 is 6.10 Å². The maximum Gasteiger partial charge on any atom is 0.326 e. The monoisotopic (exact) mass is 409 g/mol. The van der Waals surface area contributed by atoms with Gasteiger partial charge in [-0.25, -0.2) is 4.79 Å². The maximum absolute atomic E-state index is 12.4. The molecule has 2 N–H and O–H groups in total. The summed E-state index contributed by atoms with van der Waals surface area (Å²) in [5.41, 5.74) is 4.10. The number of aromatic amines is 1. The molecular weight excluding hydrogens is 378 g/mol. The van der Waals surface area contributed by atoms with Gasteiger partial charge in [-0.05, 0) is 68.5 Å². The van der Waals surface area contributed by atoms with Crippen LogP contribution in [0.25, 0.3) is 11.0 Å². The molecule has 1 saturated heterocycles. The van der Waals surface area contributed by atoms with Gasteiger partial charge >= 0.3 is 5.69 Å². The van der Waals surface area contributed by atoms with E-state index in [9.17, 15) is 9.90 Å². The van der Waals surface area contributed by atoms with Crippen LogP contribution in [0, 0.1) is 19.8 Å². The number of nitrogens with one attached hydrogen (secondary N) is 1. The highest BCUT2D eigenvalue weighted by atomic mass is 16.5. The lowest BCUT2D eigenvalue weighted by atomic mass is 9.97. The van der Waals surface area contributed by atoms with Crippen molar-refractivity contribution < 1.29 is 9.84 Å². The number of β-amino-alcohol motifs (C(OH)–C–C–N with tert-alkyl or cyclic N) is 1. The fourth-order valence-corrected chi connectivity index (χ4v) is 4.43. The molecule has 0 amide bonds. The predicted molar refractivity (Wildman–Crippen MR) is 119 cm³/mol. The molecule has 1 aliphatic rings. The van der Waals surface area contributed by atoms with Gasteiger partial charge in [0, 0.05) is 19.6 Å². The summed E-state index contributed by atoms with van der Waals surface area (Å²) < 4.78 is 7.72. The highest BCUT2D eigenvalue weighted by molar-refractivity contribution is 5.74. The molecule has 160 valence electrons. The molecule has 2 atom stereocenters. The van der Waals surface area contributed by atoms with E-state index in [0.29, 0.717) is 19.0 Å². The van der Waals surface area contributed by atoms with Crippen LogP contribution in [0.1, 0.15) is 24.0 Å². The first-order valence-corrected chi connectivity index (χ1v) is 10.8. The number of fused-ring (bicyclic) bond motifs is 1. The number of aliphatic hydroxyl groups is 1. The van der Waals surface area contributed by atoms with Crippen LogP contribution in [0.15, 0.2) is 47.3 Å². The molecule has 0 saturated carbocycles. The van der Waals surface area contributed by atoms with E-state index in [-0.39, 0.29) is 12.3 Å². The zero-order valence-corrected chi connectivity index (χ0v) is 17.8. The van der Waals surface area contributed by atoms with Crippen LogP contribution in [0.3, 0.4) is 0 Å². The summed E-state index contributed by atoms with van der Waals surface area (Å²) in [4.78, 5) is 17.6. The van der Waals surface area contributed by atoms with Gasteiger partial charge in [-0.2, -0.15) is 0 Å². The van der Waals surface area contributed by atoms with Gasteiger partial charge in [-0.15, -0.1) is 0 Å². The molecule has 2 aromatic carbocycles. The molecule has 2 heterocycles. The molecule has 1 aromatic heterocycles. The normalized spacial score (nSPS) is 18.6. The Morgan fingerprint density at radius 3 is 2.90 bits per heavy atom. The molecular formula is C24H31N3O3. The van der Waals surface area contributed by atoms with Crippen LogP contribution in [0.5, 0.6) is 5.75 Å². The quantitative estimate of drug-likeness (QED) is 0.629. The topological polar surface area (TPSA) is 70.5 Å². The van der Waals surface area contributed by atoms with Crippen LogP contribution >= 0.6 is 0 Å². The third kappa shape index (κ3) is 4.60. The van der Waals surface area contributed by atoms with E-state index >= 15 is 0 Å². The van der Waals surface area contributed by atoms with Crippen molar-refractivity contribution in [3.8, 4) is 5.75 Å². The first-order chi connectivity index (χ1) is 14.5. The van der Waals surface area contributed by atoms with E-state index in [4.69, 9.17) is 4.74 Å². The second-order valence-electron chi connectivity index (χ2n) is 8.49. The van der Waals surface area contributed by atoms with Crippen LogP contribution in [0.4, 0.5) is 0 Å². The Kier molecular flexibility index (Phi) is 6.25. The third-order valence-corrected chi connectivity index (χ3v) is 6.18. The van der Waals surface area contributed by atoms with Gasteiger partial charge < -0.3 is 19.7 Å². The number of aryl methyl sites for hydroxylation is 1. The first-order valence-electron chi connectivity index (χ1n) is 10.8. The molecule has 4 rings (SSSR count). The second kappa shape index (κ2) is 9.06. The molecule has 1 fully saturated rings. The molecule has 0 spiro atoms. The van der Waals surface area contributed by atoms with Crippen molar-refractivity contribution in [1.29, 1.82) is 0 Å². The Morgan fingerprint density at radius 2 is 2.03 bits per heavy atom. The molecule has 6 heteroatoms. The summed E-state index contributed by atoms with van der Waals surface area (Å²) in [6.07, 6.45) is 1.63. The molecule has 30 heavy (non-hydrogen) atoms. The summed E-state index contributed by atoms with van der Waals surface area (Å²) in [6.45, 7) is 7.53. The lowest BCUT2D eigenvalue weighted by molar-refractivity contribution is 0.0497. The minimum absolute atomic E-state index is 0.0460. The standard InChI is InChI=1S/C24H31N3O3/c1-17-7-5-11-23(18(17)2)30-16-20(28)15-26-12-6-8-19(13-26)14-27-22-10-4-3-9-21(22)25-24(27)29/h3-5,7,9-11,19-20,28H,6,8,12-16H2,1-2H3,(H,25,29).